The molecule has 0 radical (unpaired) electrons. The van der Waals surface area contributed by atoms with Gasteiger partial charge >= 0.3 is 0 Å². The number of para-hydroxylation sites is 1. The summed E-state index contributed by atoms with van der Waals surface area (Å²) < 4.78 is 0. The fraction of sp³-hybridized carbons (Fsp3) is 0.409. The van der Waals surface area contributed by atoms with Crippen molar-refractivity contribution in [3.63, 3.8) is 0 Å². The Kier molecular flexibility index (Phi) is 6.40. The number of rotatable bonds is 5. The number of piperazine rings is 1. The number of halogens is 1. The van der Waals surface area contributed by atoms with Crippen LogP contribution in [-0.2, 0) is 4.79 Å². The maximum absolute atomic E-state index is 11.6. The third-order valence-electron chi connectivity index (χ3n) is 5.30. The van der Waals surface area contributed by atoms with Crippen LogP contribution in [0.3, 0.4) is 0 Å². The van der Waals surface area contributed by atoms with Crippen LogP contribution in [-0.4, -0.2) is 49.0 Å². The molecule has 1 fully saturated rings. The predicted octanol–water partition coefficient (Wildman–Crippen LogP) is 4.24. The van der Waals surface area contributed by atoms with E-state index in [1.54, 1.807) is 6.08 Å². The number of benzene rings is 1. The molecule has 1 aromatic carbocycles. The summed E-state index contributed by atoms with van der Waals surface area (Å²) in [5, 5.41) is 11.2. The molecule has 1 unspecified atom stereocenters. The molecule has 1 aliphatic heterocycles. The monoisotopic (exact) mass is 386 g/mol. The Labute approximate surface area is 166 Å². The SMILES string of the molecule is CC(C)C1=CC=C(CN2CCN(c3ccccc3Cl)CC2)C(C=O)C(O)=C1. The number of carbonyl (C=O) groups is 1. The van der Waals surface area contributed by atoms with Gasteiger partial charge in [-0.25, -0.2) is 0 Å². The summed E-state index contributed by atoms with van der Waals surface area (Å²) in [4.78, 5) is 16.2. The quantitative estimate of drug-likeness (QED) is 0.768. The number of aldehydes is 1. The van der Waals surface area contributed by atoms with Crippen molar-refractivity contribution >= 4 is 23.6 Å². The van der Waals surface area contributed by atoms with E-state index in [1.807, 2.05) is 30.4 Å². The van der Waals surface area contributed by atoms with E-state index in [9.17, 15) is 9.90 Å². The molecule has 0 saturated carbocycles. The molecule has 1 N–H and O–H groups in total. The fourth-order valence-electron chi connectivity index (χ4n) is 3.59. The Hall–Kier alpha value is -2.04. The highest BCUT2D eigenvalue weighted by Gasteiger charge is 2.25. The number of aliphatic hydroxyl groups excluding tert-OH is 1. The zero-order chi connectivity index (χ0) is 19.4. The molecule has 27 heavy (non-hydrogen) atoms. The largest absolute Gasteiger partial charge is 0.511 e. The van der Waals surface area contributed by atoms with E-state index in [4.69, 9.17) is 11.6 Å². The van der Waals surface area contributed by atoms with E-state index in [1.165, 1.54) is 0 Å². The highest BCUT2D eigenvalue weighted by molar-refractivity contribution is 6.33. The zero-order valence-electron chi connectivity index (χ0n) is 15.9. The number of carbonyl (C=O) groups excluding carboxylic acids is 1. The van der Waals surface area contributed by atoms with Gasteiger partial charge in [0.25, 0.3) is 0 Å². The fourth-order valence-corrected chi connectivity index (χ4v) is 3.84. The van der Waals surface area contributed by atoms with Gasteiger partial charge in [0.2, 0.25) is 0 Å². The Balaban J connectivity index is 1.68. The van der Waals surface area contributed by atoms with Gasteiger partial charge in [0.05, 0.1) is 16.6 Å². The third kappa shape index (κ3) is 4.63. The lowest BCUT2D eigenvalue weighted by atomic mass is 9.97. The molecular formula is C22H27ClN2O2. The first-order chi connectivity index (χ1) is 13.0. The smallest absolute Gasteiger partial charge is 0.134 e. The number of allylic oxidation sites excluding steroid dienone is 5. The first-order valence-electron chi connectivity index (χ1n) is 9.48. The maximum atomic E-state index is 11.6. The number of hydrogen-bond acceptors (Lipinski definition) is 4. The summed E-state index contributed by atoms with van der Waals surface area (Å²) >= 11 is 6.32. The van der Waals surface area contributed by atoms with Crippen molar-refractivity contribution in [3.05, 3.63) is 64.4 Å². The van der Waals surface area contributed by atoms with Crippen LogP contribution in [0.25, 0.3) is 0 Å². The molecule has 1 atom stereocenters. The Morgan fingerprint density at radius 1 is 1.19 bits per heavy atom. The molecule has 4 nitrogen and oxygen atoms in total. The summed E-state index contributed by atoms with van der Waals surface area (Å²) in [6.45, 7) is 8.39. The van der Waals surface area contributed by atoms with Crippen LogP contribution in [0.4, 0.5) is 5.69 Å². The van der Waals surface area contributed by atoms with Gasteiger partial charge in [0, 0.05) is 32.7 Å². The second-order valence-corrected chi connectivity index (χ2v) is 7.87. The Bertz CT molecular complexity index is 774. The Morgan fingerprint density at radius 2 is 1.89 bits per heavy atom. The van der Waals surface area contributed by atoms with Crippen molar-refractivity contribution in [3.8, 4) is 0 Å². The molecule has 144 valence electrons. The number of aliphatic hydroxyl groups is 1. The average molecular weight is 387 g/mol. The van der Waals surface area contributed by atoms with Crippen molar-refractivity contribution in [2.24, 2.45) is 11.8 Å². The second kappa shape index (κ2) is 8.77. The predicted molar refractivity (Wildman–Crippen MR) is 111 cm³/mol. The van der Waals surface area contributed by atoms with Gasteiger partial charge in [0.15, 0.2) is 0 Å². The van der Waals surface area contributed by atoms with Crippen LogP contribution in [0.2, 0.25) is 5.02 Å². The lowest BCUT2D eigenvalue weighted by Crippen LogP contribution is -2.47. The summed E-state index contributed by atoms with van der Waals surface area (Å²) in [7, 11) is 0. The van der Waals surface area contributed by atoms with Crippen LogP contribution in [0.5, 0.6) is 0 Å². The number of hydrogen-bond donors (Lipinski definition) is 1. The van der Waals surface area contributed by atoms with Gasteiger partial charge in [-0.3, -0.25) is 4.90 Å². The normalized spacial score (nSPS) is 21.4. The van der Waals surface area contributed by atoms with Gasteiger partial charge in [-0.1, -0.05) is 49.7 Å². The lowest BCUT2D eigenvalue weighted by Gasteiger charge is -2.37. The van der Waals surface area contributed by atoms with Crippen molar-refractivity contribution in [2.45, 2.75) is 13.8 Å². The van der Waals surface area contributed by atoms with Gasteiger partial charge in [-0.05, 0) is 35.3 Å². The highest BCUT2D eigenvalue weighted by Crippen LogP contribution is 2.28. The molecule has 1 aliphatic carbocycles. The molecule has 2 aliphatic rings. The molecule has 0 aromatic heterocycles. The number of nitrogens with zero attached hydrogens (tertiary/aromatic N) is 2. The average Bonchev–Trinajstić information content (AvgIpc) is 2.81. The van der Waals surface area contributed by atoms with Crippen LogP contribution in [0, 0.1) is 11.8 Å². The standard InChI is InChI=1S/C22H27ClN2O2/c1-16(2)17-7-8-18(19(15-26)22(27)13-17)14-24-9-11-25(12-10-24)21-6-4-3-5-20(21)23/h3-8,13,15-16,19,27H,9-12,14H2,1-2H3. The molecule has 1 heterocycles. The maximum Gasteiger partial charge on any atom is 0.134 e. The second-order valence-electron chi connectivity index (χ2n) is 7.46. The van der Waals surface area contributed by atoms with Crippen molar-refractivity contribution < 1.29 is 9.90 Å². The molecule has 0 amide bonds. The molecule has 0 bridgehead atoms. The van der Waals surface area contributed by atoms with E-state index in [2.05, 4.69) is 29.7 Å². The summed E-state index contributed by atoms with van der Waals surface area (Å²) in [6.07, 6.45) is 6.62. The van der Waals surface area contributed by atoms with Crippen molar-refractivity contribution in [1.82, 2.24) is 4.90 Å². The minimum absolute atomic E-state index is 0.142. The Morgan fingerprint density at radius 3 is 2.52 bits per heavy atom. The van der Waals surface area contributed by atoms with Crippen LogP contribution >= 0.6 is 11.6 Å². The molecule has 5 heteroatoms. The molecule has 3 rings (SSSR count). The topological polar surface area (TPSA) is 43.8 Å². The minimum atomic E-state index is -0.556. The zero-order valence-corrected chi connectivity index (χ0v) is 16.7. The minimum Gasteiger partial charge on any atom is -0.511 e. The first-order valence-corrected chi connectivity index (χ1v) is 9.85. The van der Waals surface area contributed by atoms with Crippen molar-refractivity contribution in [2.75, 3.05) is 37.6 Å². The van der Waals surface area contributed by atoms with Gasteiger partial charge in [-0.2, -0.15) is 0 Å². The molecule has 0 spiro atoms. The third-order valence-corrected chi connectivity index (χ3v) is 5.62. The van der Waals surface area contributed by atoms with Crippen LogP contribution < -0.4 is 4.90 Å². The summed E-state index contributed by atoms with van der Waals surface area (Å²) in [6, 6.07) is 7.92. The van der Waals surface area contributed by atoms with E-state index >= 15 is 0 Å². The lowest BCUT2D eigenvalue weighted by molar-refractivity contribution is -0.110. The van der Waals surface area contributed by atoms with Crippen molar-refractivity contribution in [1.29, 1.82) is 0 Å². The van der Waals surface area contributed by atoms with E-state index in [0.29, 0.717) is 12.5 Å². The van der Waals surface area contributed by atoms with Crippen LogP contribution in [0.15, 0.2) is 59.4 Å². The highest BCUT2D eigenvalue weighted by atomic mass is 35.5. The van der Waals surface area contributed by atoms with Gasteiger partial charge in [-0.15, -0.1) is 0 Å². The van der Waals surface area contributed by atoms with Crippen LogP contribution in [0.1, 0.15) is 13.8 Å². The number of anilines is 1. The van der Waals surface area contributed by atoms with Gasteiger partial charge < -0.3 is 14.8 Å². The summed E-state index contributed by atoms with van der Waals surface area (Å²) in [5.41, 5.74) is 3.06. The van der Waals surface area contributed by atoms with Gasteiger partial charge in [0.1, 0.15) is 12.0 Å². The molecule has 1 aromatic rings. The first kappa shape index (κ1) is 19.7. The molecule has 1 saturated heterocycles. The van der Waals surface area contributed by atoms with E-state index in [0.717, 1.165) is 54.3 Å². The summed E-state index contributed by atoms with van der Waals surface area (Å²) in [5.74, 6) is -0.114. The van der Waals surface area contributed by atoms with E-state index < -0.39 is 5.92 Å². The molecular weight excluding hydrogens is 360 g/mol. The van der Waals surface area contributed by atoms with E-state index in [-0.39, 0.29) is 5.76 Å².